The molecule has 6 heteroatoms. The van der Waals surface area contributed by atoms with Gasteiger partial charge in [-0.25, -0.2) is 4.98 Å². The van der Waals surface area contributed by atoms with Crippen molar-refractivity contribution in [2.24, 2.45) is 0 Å². The predicted molar refractivity (Wildman–Crippen MR) is 81.4 cm³/mol. The quantitative estimate of drug-likeness (QED) is 0.794. The van der Waals surface area contributed by atoms with E-state index in [9.17, 15) is 0 Å². The van der Waals surface area contributed by atoms with Gasteiger partial charge in [-0.15, -0.1) is 11.3 Å². The Hall–Kier alpha value is -0.585. The maximum atomic E-state index is 6.04. The molecule has 0 unspecified atom stereocenters. The smallest absolute Gasteiger partial charge is 0.399 e. The molecule has 1 aromatic heterocycles. The van der Waals surface area contributed by atoms with Crippen LogP contribution < -0.4 is 9.68 Å². The third kappa shape index (κ3) is 2.66. The van der Waals surface area contributed by atoms with E-state index in [1.54, 1.807) is 11.3 Å². The van der Waals surface area contributed by atoms with E-state index in [1.807, 2.05) is 6.20 Å². The van der Waals surface area contributed by atoms with Gasteiger partial charge in [0.1, 0.15) is 0 Å². The van der Waals surface area contributed by atoms with Crippen LogP contribution in [-0.2, 0) is 9.31 Å². The summed E-state index contributed by atoms with van der Waals surface area (Å²) in [4.78, 5) is 6.72. The van der Waals surface area contributed by atoms with Crippen molar-refractivity contribution in [2.75, 3.05) is 18.0 Å². The molecule has 0 bridgehead atoms. The minimum atomic E-state index is -0.299. The summed E-state index contributed by atoms with van der Waals surface area (Å²) in [7, 11) is -0.299. The van der Waals surface area contributed by atoms with Crippen molar-refractivity contribution in [1.82, 2.24) is 4.98 Å². The largest absolute Gasteiger partial charge is 0.507 e. The van der Waals surface area contributed by atoms with Crippen molar-refractivity contribution in [3.63, 3.8) is 0 Å². The SMILES string of the molecule is CCN(CC)c1ncc(B2OC(C)(C)C(C)(C)O2)s1. The van der Waals surface area contributed by atoms with Crippen molar-refractivity contribution in [3.8, 4) is 0 Å². The summed E-state index contributed by atoms with van der Waals surface area (Å²) in [5.74, 6) is 0. The molecule has 2 rings (SSSR count). The fraction of sp³-hybridized carbons (Fsp3) is 0.769. The molecule has 4 nitrogen and oxygen atoms in total. The number of hydrogen-bond acceptors (Lipinski definition) is 5. The number of aromatic nitrogens is 1. The molecule has 1 fully saturated rings. The highest BCUT2D eigenvalue weighted by Gasteiger charge is 2.52. The molecular weight excluding hydrogens is 259 g/mol. The molecule has 0 aromatic carbocycles. The van der Waals surface area contributed by atoms with E-state index in [0.717, 1.165) is 23.0 Å². The Morgan fingerprint density at radius 1 is 1.16 bits per heavy atom. The first-order valence-electron chi connectivity index (χ1n) is 6.87. The molecule has 0 radical (unpaired) electrons. The van der Waals surface area contributed by atoms with Crippen molar-refractivity contribution in [1.29, 1.82) is 0 Å². The second kappa shape index (κ2) is 5.07. The van der Waals surface area contributed by atoms with E-state index in [2.05, 4.69) is 51.4 Å². The normalized spacial score (nSPS) is 20.8. The van der Waals surface area contributed by atoms with Crippen LogP contribution in [0.3, 0.4) is 0 Å². The predicted octanol–water partition coefficient (Wildman–Crippen LogP) is 2.29. The zero-order chi connectivity index (χ0) is 14.3. The third-order valence-electron chi connectivity index (χ3n) is 4.03. The Kier molecular flexibility index (Phi) is 3.96. The summed E-state index contributed by atoms with van der Waals surface area (Å²) in [5.41, 5.74) is -0.589. The average Bonchev–Trinajstić information content (AvgIpc) is 2.85. The van der Waals surface area contributed by atoms with Gasteiger partial charge in [0.2, 0.25) is 0 Å². The van der Waals surface area contributed by atoms with Crippen LogP contribution in [0.2, 0.25) is 0 Å². The summed E-state index contributed by atoms with van der Waals surface area (Å²) in [6.07, 6.45) is 1.88. The van der Waals surface area contributed by atoms with Gasteiger partial charge >= 0.3 is 7.12 Å². The number of nitrogens with zero attached hydrogens (tertiary/aromatic N) is 2. The number of hydrogen-bond donors (Lipinski definition) is 0. The molecule has 0 spiro atoms. The molecule has 0 N–H and O–H groups in total. The summed E-state index contributed by atoms with van der Waals surface area (Å²) in [5, 5.41) is 1.04. The maximum absolute atomic E-state index is 6.04. The fourth-order valence-corrected chi connectivity index (χ4v) is 2.99. The molecule has 0 atom stereocenters. The summed E-state index contributed by atoms with van der Waals surface area (Å²) >= 11 is 1.65. The van der Waals surface area contributed by atoms with Gasteiger partial charge in [0.05, 0.1) is 16.0 Å². The van der Waals surface area contributed by atoms with Gasteiger partial charge in [-0.1, -0.05) is 0 Å². The van der Waals surface area contributed by atoms with E-state index >= 15 is 0 Å². The maximum Gasteiger partial charge on any atom is 0.507 e. The van der Waals surface area contributed by atoms with Gasteiger partial charge in [0.15, 0.2) is 5.13 Å². The second-order valence-electron chi connectivity index (χ2n) is 5.81. The molecule has 1 aliphatic heterocycles. The van der Waals surface area contributed by atoms with E-state index < -0.39 is 0 Å². The van der Waals surface area contributed by atoms with Crippen LogP contribution >= 0.6 is 11.3 Å². The van der Waals surface area contributed by atoms with Crippen LogP contribution in [0.5, 0.6) is 0 Å². The highest BCUT2D eigenvalue weighted by molar-refractivity contribution is 7.25. The number of anilines is 1. The van der Waals surface area contributed by atoms with Crippen molar-refractivity contribution in [3.05, 3.63) is 6.20 Å². The van der Waals surface area contributed by atoms with Crippen LogP contribution in [0.15, 0.2) is 6.20 Å². The Morgan fingerprint density at radius 2 is 1.68 bits per heavy atom. The molecule has 19 heavy (non-hydrogen) atoms. The highest BCUT2D eigenvalue weighted by atomic mass is 32.1. The second-order valence-corrected chi connectivity index (χ2v) is 6.85. The molecule has 1 saturated heterocycles. The molecular formula is C13H23BN2O2S. The first-order chi connectivity index (χ1) is 8.80. The lowest BCUT2D eigenvalue weighted by atomic mass is 9.89. The molecule has 106 valence electrons. The lowest BCUT2D eigenvalue weighted by Gasteiger charge is -2.32. The zero-order valence-electron chi connectivity index (χ0n) is 12.7. The summed E-state index contributed by atoms with van der Waals surface area (Å²) in [6, 6.07) is 0. The van der Waals surface area contributed by atoms with E-state index in [1.165, 1.54) is 0 Å². The van der Waals surface area contributed by atoms with Gasteiger partial charge in [-0.3, -0.25) is 0 Å². The Bertz CT molecular complexity index is 428. The monoisotopic (exact) mass is 282 g/mol. The molecule has 1 aliphatic rings. The van der Waals surface area contributed by atoms with E-state index in [4.69, 9.17) is 9.31 Å². The van der Waals surface area contributed by atoms with Crippen LogP contribution in [0.1, 0.15) is 41.5 Å². The molecule has 0 amide bonds. The third-order valence-corrected chi connectivity index (χ3v) is 5.11. The average molecular weight is 282 g/mol. The van der Waals surface area contributed by atoms with E-state index in [-0.39, 0.29) is 18.3 Å². The zero-order valence-corrected chi connectivity index (χ0v) is 13.5. The highest BCUT2D eigenvalue weighted by Crippen LogP contribution is 2.37. The summed E-state index contributed by atoms with van der Waals surface area (Å²) < 4.78 is 13.1. The standard InChI is InChI=1S/C13H23BN2O2S/c1-7-16(8-2)11-15-9-10(19-11)14-17-12(3,4)13(5,6)18-14/h9H,7-8H2,1-6H3. The lowest BCUT2D eigenvalue weighted by molar-refractivity contribution is 0.00578. The van der Waals surface area contributed by atoms with Gasteiger partial charge < -0.3 is 14.2 Å². The minimum absolute atomic E-state index is 0.295. The number of thiazole rings is 1. The van der Waals surface area contributed by atoms with Crippen LogP contribution in [0, 0.1) is 0 Å². The van der Waals surface area contributed by atoms with Crippen molar-refractivity contribution in [2.45, 2.75) is 52.7 Å². The van der Waals surface area contributed by atoms with Crippen LogP contribution in [0.25, 0.3) is 0 Å². The van der Waals surface area contributed by atoms with Gasteiger partial charge in [-0.2, -0.15) is 0 Å². The van der Waals surface area contributed by atoms with Crippen molar-refractivity contribution < 1.29 is 9.31 Å². The first-order valence-corrected chi connectivity index (χ1v) is 7.68. The number of rotatable bonds is 4. The van der Waals surface area contributed by atoms with Crippen molar-refractivity contribution >= 4 is 28.4 Å². The minimum Gasteiger partial charge on any atom is -0.399 e. The Labute approximate surface area is 120 Å². The van der Waals surface area contributed by atoms with E-state index in [0.29, 0.717) is 0 Å². The van der Waals surface area contributed by atoms with Gasteiger partial charge in [-0.05, 0) is 41.5 Å². The van der Waals surface area contributed by atoms with Crippen LogP contribution in [-0.4, -0.2) is 36.4 Å². The molecule has 0 saturated carbocycles. The van der Waals surface area contributed by atoms with Gasteiger partial charge in [0.25, 0.3) is 0 Å². The first kappa shape index (κ1) is 14.8. The Balaban J connectivity index is 2.17. The van der Waals surface area contributed by atoms with Crippen LogP contribution in [0.4, 0.5) is 5.13 Å². The lowest BCUT2D eigenvalue weighted by Crippen LogP contribution is -2.41. The Morgan fingerprint density at radius 3 is 2.16 bits per heavy atom. The molecule has 1 aromatic rings. The topological polar surface area (TPSA) is 34.6 Å². The summed E-state index contributed by atoms with van der Waals surface area (Å²) in [6.45, 7) is 14.5. The van der Waals surface area contributed by atoms with Gasteiger partial charge in [0, 0.05) is 19.3 Å². The molecule has 2 heterocycles. The molecule has 0 aliphatic carbocycles. The fourth-order valence-electron chi connectivity index (χ4n) is 1.99.